The molecule has 0 N–H and O–H groups in total. The normalized spacial score (nSPS) is 7.25. The molecule has 0 spiro atoms. The number of halogens is 1. The van der Waals surface area contributed by atoms with Crippen LogP contribution in [0.5, 0.6) is 0 Å². The molecule has 0 aromatic heterocycles. The van der Waals surface area contributed by atoms with Crippen molar-refractivity contribution in [3.05, 3.63) is 0 Å². The number of ether oxygens (including phenoxy) is 1. The quantitative estimate of drug-likeness (QED) is 0.288. The Morgan fingerprint density at radius 1 is 1.88 bits per heavy atom. The second kappa shape index (κ2) is 7.95. The molecule has 0 aromatic carbocycles. The molecule has 0 rings (SSSR count). The maximum absolute atomic E-state index is 9.96. The SMILES string of the molecule is CC(=O)OCCBr.[H-].[Na+]. The smallest absolute Gasteiger partial charge is 1.00 e. The average molecular weight is 191 g/mol. The van der Waals surface area contributed by atoms with Crippen LogP contribution in [0.15, 0.2) is 0 Å². The van der Waals surface area contributed by atoms with E-state index in [1.165, 1.54) is 6.92 Å². The van der Waals surface area contributed by atoms with Crippen LogP contribution in [0.1, 0.15) is 8.35 Å². The van der Waals surface area contributed by atoms with Gasteiger partial charge >= 0.3 is 35.5 Å². The molecule has 0 aliphatic carbocycles. The molecule has 0 aliphatic rings. The molecule has 8 heavy (non-hydrogen) atoms. The first-order valence-corrected chi connectivity index (χ1v) is 3.09. The van der Waals surface area contributed by atoms with Crippen molar-refractivity contribution in [2.75, 3.05) is 11.9 Å². The van der Waals surface area contributed by atoms with Crippen molar-refractivity contribution in [1.29, 1.82) is 0 Å². The molecular formula is C4H8BrNaO2. The van der Waals surface area contributed by atoms with Crippen LogP contribution in [0.25, 0.3) is 0 Å². The summed E-state index contributed by atoms with van der Waals surface area (Å²) >= 11 is 3.10. The third-order valence-corrected chi connectivity index (χ3v) is 0.706. The van der Waals surface area contributed by atoms with Gasteiger partial charge in [0.2, 0.25) is 0 Å². The van der Waals surface area contributed by atoms with Crippen LogP contribution in [-0.4, -0.2) is 17.9 Å². The number of carbonyl (C=O) groups is 1. The molecular weight excluding hydrogens is 183 g/mol. The Balaban J connectivity index is -0.000000180. The van der Waals surface area contributed by atoms with E-state index in [0.717, 1.165) is 0 Å². The molecule has 4 heteroatoms. The molecule has 44 valence electrons. The maximum atomic E-state index is 9.96. The third-order valence-electron chi connectivity index (χ3n) is 0.382. The molecule has 0 aliphatic heterocycles. The average Bonchev–Trinajstić information content (AvgIpc) is 1.61. The topological polar surface area (TPSA) is 26.3 Å². The molecule has 0 amide bonds. The number of alkyl halides is 1. The number of carbonyl (C=O) groups excluding carboxylic acids is 1. The van der Waals surface area contributed by atoms with Crippen LogP contribution in [-0.2, 0) is 9.53 Å². The van der Waals surface area contributed by atoms with Crippen molar-refractivity contribution < 1.29 is 40.5 Å². The summed E-state index contributed by atoms with van der Waals surface area (Å²) in [6.07, 6.45) is 0. The minimum atomic E-state index is -0.223. The summed E-state index contributed by atoms with van der Waals surface area (Å²) in [5.41, 5.74) is 0. The van der Waals surface area contributed by atoms with E-state index in [1.807, 2.05) is 0 Å². The van der Waals surface area contributed by atoms with Crippen molar-refractivity contribution >= 4 is 21.9 Å². The first-order valence-electron chi connectivity index (χ1n) is 1.96. The minimum absolute atomic E-state index is 0. The van der Waals surface area contributed by atoms with Gasteiger partial charge < -0.3 is 6.16 Å². The zero-order valence-corrected chi connectivity index (χ0v) is 8.69. The van der Waals surface area contributed by atoms with Crippen molar-refractivity contribution in [2.24, 2.45) is 0 Å². The number of esters is 1. The van der Waals surface area contributed by atoms with Gasteiger partial charge in [-0.2, -0.15) is 0 Å². The van der Waals surface area contributed by atoms with Gasteiger partial charge in [-0.25, -0.2) is 0 Å². The molecule has 0 saturated heterocycles. The predicted octanol–water partition coefficient (Wildman–Crippen LogP) is -1.94. The number of hydrogen-bond donors (Lipinski definition) is 0. The van der Waals surface area contributed by atoms with Gasteiger partial charge in [0.1, 0.15) is 6.61 Å². The van der Waals surface area contributed by atoms with E-state index >= 15 is 0 Å². The van der Waals surface area contributed by atoms with E-state index in [0.29, 0.717) is 11.9 Å². The largest absolute Gasteiger partial charge is 1.00 e. The summed E-state index contributed by atoms with van der Waals surface area (Å²) in [7, 11) is 0. The summed E-state index contributed by atoms with van der Waals surface area (Å²) in [6, 6.07) is 0. The van der Waals surface area contributed by atoms with Crippen LogP contribution < -0.4 is 29.6 Å². The van der Waals surface area contributed by atoms with E-state index in [-0.39, 0.29) is 37.0 Å². The van der Waals surface area contributed by atoms with Crippen LogP contribution in [0.3, 0.4) is 0 Å². The molecule has 0 fully saturated rings. The number of hydrogen-bond acceptors (Lipinski definition) is 2. The fourth-order valence-corrected chi connectivity index (χ4v) is 0.344. The maximum Gasteiger partial charge on any atom is 1.00 e. The van der Waals surface area contributed by atoms with Gasteiger partial charge in [0.05, 0.1) is 0 Å². The predicted molar refractivity (Wildman–Crippen MR) is 31.5 cm³/mol. The molecule has 0 saturated carbocycles. The van der Waals surface area contributed by atoms with Gasteiger partial charge in [-0.15, -0.1) is 0 Å². The van der Waals surface area contributed by atoms with Gasteiger partial charge in [-0.1, -0.05) is 15.9 Å². The minimum Gasteiger partial charge on any atom is -1.00 e. The van der Waals surface area contributed by atoms with Crippen molar-refractivity contribution in [3.63, 3.8) is 0 Å². The third kappa shape index (κ3) is 10.0. The second-order valence-corrected chi connectivity index (χ2v) is 1.82. The number of rotatable bonds is 2. The summed E-state index contributed by atoms with van der Waals surface area (Å²) in [4.78, 5) is 9.96. The molecule has 0 radical (unpaired) electrons. The molecule has 0 bridgehead atoms. The zero-order chi connectivity index (χ0) is 5.70. The van der Waals surface area contributed by atoms with Crippen LogP contribution in [0.2, 0.25) is 0 Å². The van der Waals surface area contributed by atoms with Gasteiger partial charge in [0.15, 0.2) is 0 Å². The van der Waals surface area contributed by atoms with E-state index in [4.69, 9.17) is 0 Å². The van der Waals surface area contributed by atoms with Crippen molar-refractivity contribution in [3.8, 4) is 0 Å². The van der Waals surface area contributed by atoms with Crippen molar-refractivity contribution in [1.82, 2.24) is 0 Å². The molecule has 2 nitrogen and oxygen atoms in total. The van der Waals surface area contributed by atoms with E-state index in [1.54, 1.807) is 0 Å². The standard InChI is InChI=1S/C4H7BrO2.Na.H/c1-4(6)7-3-2-5;;/h2-3H2,1H3;;/q;+1;-1. The van der Waals surface area contributed by atoms with E-state index < -0.39 is 0 Å². The summed E-state index contributed by atoms with van der Waals surface area (Å²) in [5.74, 6) is -0.223. The fourth-order valence-electron chi connectivity index (χ4n) is 0.182. The van der Waals surface area contributed by atoms with Crippen LogP contribution in [0.4, 0.5) is 0 Å². The second-order valence-electron chi connectivity index (χ2n) is 1.03. The molecule has 0 heterocycles. The first kappa shape index (κ1) is 11.7. The Bertz CT molecular complexity index is 71.6. The first-order chi connectivity index (χ1) is 3.27. The Morgan fingerprint density at radius 2 is 2.38 bits per heavy atom. The van der Waals surface area contributed by atoms with Gasteiger partial charge in [0, 0.05) is 12.3 Å². The van der Waals surface area contributed by atoms with Gasteiger partial charge in [-0.3, -0.25) is 4.79 Å². The molecule has 0 atom stereocenters. The Hall–Kier alpha value is 0.950. The Kier molecular flexibility index (Phi) is 11.6. The van der Waals surface area contributed by atoms with Crippen LogP contribution in [0, 0.1) is 0 Å². The Labute approximate surface area is 80.9 Å². The van der Waals surface area contributed by atoms with Gasteiger partial charge in [-0.05, 0) is 0 Å². The van der Waals surface area contributed by atoms with Crippen molar-refractivity contribution in [2.45, 2.75) is 6.92 Å². The molecule has 0 unspecified atom stereocenters. The Morgan fingerprint density at radius 3 is 2.50 bits per heavy atom. The summed E-state index contributed by atoms with van der Waals surface area (Å²) in [5, 5.41) is 0.715. The zero-order valence-electron chi connectivity index (χ0n) is 6.11. The fraction of sp³-hybridized carbons (Fsp3) is 0.750. The van der Waals surface area contributed by atoms with E-state index in [9.17, 15) is 4.79 Å². The summed E-state index contributed by atoms with van der Waals surface area (Å²) < 4.78 is 4.51. The van der Waals surface area contributed by atoms with Gasteiger partial charge in [0.25, 0.3) is 0 Å². The van der Waals surface area contributed by atoms with E-state index in [2.05, 4.69) is 20.7 Å². The molecule has 0 aromatic rings. The monoisotopic (exact) mass is 190 g/mol. The summed E-state index contributed by atoms with van der Waals surface area (Å²) in [6.45, 7) is 1.86. The van der Waals surface area contributed by atoms with Crippen LogP contribution >= 0.6 is 15.9 Å².